The van der Waals surface area contributed by atoms with Crippen LogP contribution in [0.25, 0.3) is 0 Å². The lowest BCUT2D eigenvalue weighted by Crippen LogP contribution is -2.24. The van der Waals surface area contributed by atoms with E-state index in [9.17, 15) is 15.0 Å². The highest BCUT2D eigenvalue weighted by atomic mass is 16.4. The third kappa shape index (κ3) is 2.75. The Morgan fingerprint density at radius 2 is 1.94 bits per heavy atom. The highest BCUT2D eigenvalue weighted by Gasteiger charge is 2.20. The fourth-order valence-electron chi connectivity index (χ4n) is 1.69. The van der Waals surface area contributed by atoms with Crippen LogP contribution in [-0.4, -0.2) is 11.1 Å². The summed E-state index contributed by atoms with van der Waals surface area (Å²) in [4.78, 5) is 10.6. The summed E-state index contributed by atoms with van der Waals surface area (Å²) in [7, 11) is 0. The molecule has 3 heteroatoms. The maximum atomic E-state index is 10.6. The zero-order valence-corrected chi connectivity index (χ0v) is 10.1. The van der Waals surface area contributed by atoms with E-state index < -0.39 is 5.97 Å². The van der Waals surface area contributed by atoms with Gasteiger partial charge < -0.3 is 15.0 Å². The van der Waals surface area contributed by atoms with Gasteiger partial charge in [-0.3, -0.25) is 0 Å². The molecular weight excluding hydrogens is 204 g/mol. The van der Waals surface area contributed by atoms with E-state index in [4.69, 9.17) is 0 Å². The summed E-state index contributed by atoms with van der Waals surface area (Å²) in [5, 5.41) is 20.5. The lowest BCUT2D eigenvalue weighted by Gasteiger charge is -2.22. The monoisotopic (exact) mass is 221 g/mol. The van der Waals surface area contributed by atoms with Gasteiger partial charge in [0.15, 0.2) is 0 Å². The van der Waals surface area contributed by atoms with Crippen molar-refractivity contribution >= 4 is 5.97 Å². The van der Waals surface area contributed by atoms with E-state index in [-0.39, 0.29) is 17.6 Å². The molecule has 0 fully saturated rings. The van der Waals surface area contributed by atoms with E-state index in [2.05, 4.69) is 0 Å². The number of carboxylic acid groups (broad SMARTS) is 1. The molecule has 1 N–H and O–H groups in total. The van der Waals surface area contributed by atoms with Crippen LogP contribution in [0, 0.1) is 6.92 Å². The van der Waals surface area contributed by atoms with Gasteiger partial charge >= 0.3 is 0 Å². The summed E-state index contributed by atoms with van der Waals surface area (Å²) in [6.07, 6.45) is -0.121. The molecule has 16 heavy (non-hydrogen) atoms. The second-order valence-electron chi connectivity index (χ2n) is 5.11. The van der Waals surface area contributed by atoms with Gasteiger partial charge in [-0.15, -0.1) is 0 Å². The van der Waals surface area contributed by atoms with Crippen LogP contribution in [0.5, 0.6) is 5.75 Å². The molecular formula is C13H17O3-. The Bertz CT molecular complexity index is 414. The van der Waals surface area contributed by atoms with Crippen molar-refractivity contribution in [2.45, 2.75) is 39.5 Å². The number of carbonyl (C=O) groups excluding carboxylic acids is 1. The number of aryl methyl sites for hydroxylation is 1. The van der Waals surface area contributed by atoms with Crippen molar-refractivity contribution < 1.29 is 15.0 Å². The molecule has 0 bridgehead atoms. The van der Waals surface area contributed by atoms with E-state index in [1.54, 1.807) is 19.1 Å². The molecule has 0 aromatic heterocycles. The molecule has 88 valence electrons. The number of phenols is 1. The maximum absolute atomic E-state index is 10.6. The van der Waals surface area contributed by atoms with Crippen LogP contribution in [0.4, 0.5) is 0 Å². The molecule has 0 unspecified atom stereocenters. The van der Waals surface area contributed by atoms with Gasteiger partial charge in [-0.25, -0.2) is 0 Å². The highest BCUT2D eigenvalue weighted by molar-refractivity contribution is 5.68. The average molecular weight is 221 g/mol. The molecule has 0 aliphatic rings. The first-order valence-electron chi connectivity index (χ1n) is 5.24. The van der Waals surface area contributed by atoms with Gasteiger partial charge in [0.1, 0.15) is 5.75 Å². The molecule has 0 aliphatic carbocycles. The van der Waals surface area contributed by atoms with Gasteiger partial charge in [-0.1, -0.05) is 32.9 Å². The molecule has 3 nitrogen and oxygen atoms in total. The Morgan fingerprint density at radius 3 is 2.38 bits per heavy atom. The molecule has 0 radical (unpaired) electrons. The molecule has 1 rings (SSSR count). The summed E-state index contributed by atoms with van der Waals surface area (Å²) in [6.45, 7) is 7.70. The number of benzene rings is 1. The summed E-state index contributed by atoms with van der Waals surface area (Å²) in [5.41, 5.74) is 1.92. The SMILES string of the molecule is Cc1cc(CC(=O)[O-])cc(C(C)(C)C)c1O. The van der Waals surface area contributed by atoms with Gasteiger partial charge in [0.25, 0.3) is 0 Å². The molecule has 0 saturated heterocycles. The fraction of sp³-hybridized carbons (Fsp3) is 0.462. The standard InChI is InChI=1S/C13H18O3/c1-8-5-9(7-11(14)15)6-10(12(8)16)13(2,3)4/h5-6,16H,7H2,1-4H3,(H,14,15)/p-1. The maximum Gasteiger partial charge on any atom is 0.122 e. The zero-order chi connectivity index (χ0) is 12.5. The molecule has 0 heterocycles. The molecule has 1 aromatic rings. The Labute approximate surface area is 95.7 Å². The minimum absolute atomic E-state index is 0.121. The van der Waals surface area contributed by atoms with E-state index >= 15 is 0 Å². The molecule has 0 aliphatic heterocycles. The Kier molecular flexibility index (Phi) is 3.27. The zero-order valence-electron chi connectivity index (χ0n) is 10.1. The fourth-order valence-corrected chi connectivity index (χ4v) is 1.69. The molecule has 0 atom stereocenters. The number of carbonyl (C=O) groups is 1. The topological polar surface area (TPSA) is 60.4 Å². The van der Waals surface area contributed by atoms with Crippen LogP contribution in [0.3, 0.4) is 0 Å². The van der Waals surface area contributed by atoms with Crippen molar-refractivity contribution in [3.63, 3.8) is 0 Å². The van der Waals surface area contributed by atoms with Crippen molar-refractivity contribution in [1.82, 2.24) is 0 Å². The van der Waals surface area contributed by atoms with Crippen LogP contribution in [0.1, 0.15) is 37.5 Å². The predicted octanol–water partition coefficient (Wildman–Crippen LogP) is 1.29. The number of aliphatic carboxylic acids is 1. The Hall–Kier alpha value is -1.51. The first kappa shape index (κ1) is 12.6. The third-order valence-corrected chi connectivity index (χ3v) is 2.52. The summed E-state index contributed by atoms with van der Waals surface area (Å²) in [6, 6.07) is 3.42. The second kappa shape index (κ2) is 4.16. The normalized spacial score (nSPS) is 11.5. The van der Waals surface area contributed by atoms with Crippen molar-refractivity contribution in [2.75, 3.05) is 0 Å². The van der Waals surface area contributed by atoms with Crippen LogP contribution >= 0.6 is 0 Å². The number of phenolic OH excluding ortho intramolecular Hbond substituents is 1. The number of aromatic hydroxyl groups is 1. The first-order valence-corrected chi connectivity index (χ1v) is 5.24. The number of carboxylic acids is 1. The Morgan fingerprint density at radius 1 is 1.38 bits per heavy atom. The van der Waals surface area contributed by atoms with Crippen molar-refractivity contribution in [3.05, 3.63) is 28.8 Å². The summed E-state index contributed by atoms with van der Waals surface area (Å²) < 4.78 is 0. The van der Waals surface area contributed by atoms with Gasteiger partial charge in [-0.2, -0.15) is 0 Å². The first-order chi connectivity index (χ1) is 7.21. The van der Waals surface area contributed by atoms with Crippen LogP contribution in [0.15, 0.2) is 12.1 Å². The summed E-state index contributed by atoms with van der Waals surface area (Å²) >= 11 is 0. The van der Waals surface area contributed by atoms with E-state index in [0.717, 1.165) is 5.56 Å². The lowest BCUT2D eigenvalue weighted by atomic mass is 9.84. The van der Waals surface area contributed by atoms with E-state index in [1.165, 1.54) is 0 Å². The largest absolute Gasteiger partial charge is 0.550 e. The van der Waals surface area contributed by atoms with Gasteiger partial charge in [-0.05, 0) is 29.0 Å². The van der Waals surface area contributed by atoms with Gasteiger partial charge in [0, 0.05) is 12.4 Å². The van der Waals surface area contributed by atoms with Crippen LogP contribution in [0.2, 0.25) is 0 Å². The smallest absolute Gasteiger partial charge is 0.122 e. The van der Waals surface area contributed by atoms with Crippen molar-refractivity contribution in [3.8, 4) is 5.75 Å². The molecule has 0 saturated carbocycles. The minimum Gasteiger partial charge on any atom is -0.550 e. The van der Waals surface area contributed by atoms with E-state index in [1.807, 2.05) is 20.8 Å². The second-order valence-corrected chi connectivity index (χ2v) is 5.11. The van der Waals surface area contributed by atoms with Gasteiger partial charge in [0.2, 0.25) is 0 Å². The lowest BCUT2D eigenvalue weighted by molar-refractivity contribution is -0.304. The van der Waals surface area contributed by atoms with Crippen molar-refractivity contribution in [2.24, 2.45) is 0 Å². The highest BCUT2D eigenvalue weighted by Crippen LogP contribution is 2.34. The molecule has 0 spiro atoms. The van der Waals surface area contributed by atoms with Crippen LogP contribution < -0.4 is 5.11 Å². The Balaban J connectivity index is 3.28. The van der Waals surface area contributed by atoms with Gasteiger partial charge in [0.05, 0.1) is 0 Å². The van der Waals surface area contributed by atoms with E-state index in [0.29, 0.717) is 11.1 Å². The minimum atomic E-state index is -1.11. The predicted molar refractivity (Wildman–Crippen MR) is 60.3 cm³/mol. The number of hydrogen-bond donors (Lipinski definition) is 1. The molecule has 0 amide bonds. The summed E-state index contributed by atoms with van der Waals surface area (Å²) in [5.74, 6) is -0.862. The number of hydrogen-bond acceptors (Lipinski definition) is 3. The number of rotatable bonds is 2. The third-order valence-electron chi connectivity index (χ3n) is 2.52. The quantitative estimate of drug-likeness (QED) is 0.818. The van der Waals surface area contributed by atoms with Crippen LogP contribution in [-0.2, 0) is 16.6 Å². The molecule has 1 aromatic carbocycles. The average Bonchev–Trinajstić information content (AvgIpc) is 2.08. The van der Waals surface area contributed by atoms with Crippen molar-refractivity contribution in [1.29, 1.82) is 0 Å².